The van der Waals surface area contributed by atoms with Gasteiger partial charge >= 0.3 is 0 Å². The van der Waals surface area contributed by atoms with Crippen molar-refractivity contribution in [2.45, 2.75) is 26.3 Å². The summed E-state index contributed by atoms with van der Waals surface area (Å²) in [7, 11) is 0. The second-order valence-corrected chi connectivity index (χ2v) is 3.73. The Morgan fingerprint density at radius 2 is 2.29 bits per heavy atom. The Hall–Kier alpha value is -1.98. The number of hydrogen-bond acceptors (Lipinski definition) is 4. The third-order valence-electron chi connectivity index (χ3n) is 2.57. The van der Waals surface area contributed by atoms with E-state index in [0.717, 1.165) is 5.56 Å². The van der Waals surface area contributed by atoms with E-state index in [9.17, 15) is 4.39 Å². The number of nitrogens with zero attached hydrogens (tertiary/aromatic N) is 3. The fourth-order valence-corrected chi connectivity index (χ4v) is 1.54. The highest BCUT2D eigenvalue weighted by molar-refractivity contribution is 5.39. The lowest BCUT2D eigenvalue weighted by Crippen LogP contribution is -2.10. The Bertz CT molecular complexity index is 483. The van der Waals surface area contributed by atoms with Gasteiger partial charge in [-0.2, -0.15) is 5.10 Å². The Labute approximate surface area is 98.5 Å². The molecule has 1 unspecified atom stereocenters. The van der Waals surface area contributed by atoms with E-state index in [4.69, 9.17) is 0 Å². The molecule has 2 aromatic heterocycles. The average molecular weight is 235 g/mol. The van der Waals surface area contributed by atoms with Crippen molar-refractivity contribution in [2.24, 2.45) is 0 Å². The number of hydrogen-bond donors (Lipinski definition) is 2. The lowest BCUT2D eigenvalue weighted by Gasteiger charge is -2.13. The van der Waals surface area contributed by atoms with Crippen molar-refractivity contribution in [3.8, 4) is 0 Å². The molecule has 0 aliphatic carbocycles. The smallest absolute Gasteiger partial charge is 0.186 e. The highest BCUT2D eigenvalue weighted by Crippen LogP contribution is 2.19. The Balaban J connectivity index is 2.19. The maximum absolute atomic E-state index is 13.9. The van der Waals surface area contributed by atoms with E-state index in [1.807, 2.05) is 13.8 Å². The van der Waals surface area contributed by atoms with Gasteiger partial charge in [0, 0.05) is 11.8 Å². The van der Waals surface area contributed by atoms with Crippen LogP contribution >= 0.6 is 0 Å². The van der Waals surface area contributed by atoms with Crippen LogP contribution in [0.1, 0.15) is 31.1 Å². The Morgan fingerprint density at radius 3 is 2.94 bits per heavy atom. The molecule has 0 aliphatic heterocycles. The molecular weight excluding hydrogens is 221 g/mol. The SMILES string of the molecule is CCc1ncnc(NC(C)c2cn[nH]c2)c1F. The quantitative estimate of drug-likeness (QED) is 0.851. The van der Waals surface area contributed by atoms with Crippen molar-refractivity contribution in [3.05, 3.63) is 35.8 Å². The van der Waals surface area contributed by atoms with E-state index in [0.29, 0.717) is 12.1 Å². The Kier molecular flexibility index (Phi) is 3.32. The molecule has 2 N–H and O–H groups in total. The highest BCUT2D eigenvalue weighted by Gasteiger charge is 2.13. The molecule has 0 radical (unpaired) electrons. The van der Waals surface area contributed by atoms with Gasteiger partial charge in [0.2, 0.25) is 0 Å². The summed E-state index contributed by atoms with van der Waals surface area (Å²) in [6.07, 6.45) is 5.37. The maximum Gasteiger partial charge on any atom is 0.186 e. The average Bonchev–Trinajstić information content (AvgIpc) is 2.85. The third-order valence-corrected chi connectivity index (χ3v) is 2.57. The van der Waals surface area contributed by atoms with Gasteiger partial charge in [-0.25, -0.2) is 14.4 Å². The standard InChI is InChI=1S/C11H14FN5/c1-3-9-10(12)11(14-6-13-9)17-7(2)8-4-15-16-5-8/h4-7H,3H2,1-2H3,(H,15,16)(H,13,14,17). The number of aromatic nitrogens is 4. The van der Waals surface area contributed by atoms with Gasteiger partial charge in [-0.3, -0.25) is 5.10 Å². The van der Waals surface area contributed by atoms with Gasteiger partial charge < -0.3 is 5.32 Å². The van der Waals surface area contributed by atoms with Gasteiger partial charge in [-0.15, -0.1) is 0 Å². The van der Waals surface area contributed by atoms with E-state index < -0.39 is 0 Å². The van der Waals surface area contributed by atoms with Crippen LogP contribution in [0.2, 0.25) is 0 Å². The van der Waals surface area contributed by atoms with Crippen LogP contribution in [0.15, 0.2) is 18.7 Å². The fourth-order valence-electron chi connectivity index (χ4n) is 1.54. The van der Waals surface area contributed by atoms with E-state index in [-0.39, 0.29) is 17.7 Å². The van der Waals surface area contributed by atoms with Crippen LogP contribution in [0, 0.1) is 5.82 Å². The summed E-state index contributed by atoms with van der Waals surface area (Å²) in [6, 6.07) is -0.0668. The number of halogens is 1. The van der Waals surface area contributed by atoms with Crippen molar-refractivity contribution < 1.29 is 4.39 Å². The number of aromatic amines is 1. The normalized spacial score (nSPS) is 12.4. The monoisotopic (exact) mass is 235 g/mol. The van der Waals surface area contributed by atoms with E-state index in [1.165, 1.54) is 6.33 Å². The number of nitrogens with one attached hydrogen (secondary N) is 2. The van der Waals surface area contributed by atoms with E-state index in [1.54, 1.807) is 12.4 Å². The molecule has 17 heavy (non-hydrogen) atoms. The number of aryl methyl sites for hydroxylation is 1. The third kappa shape index (κ3) is 2.41. The van der Waals surface area contributed by atoms with Crippen LogP contribution in [0.5, 0.6) is 0 Å². The summed E-state index contributed by atoms with van der Waals surface area (Å²) in [5.74, 6) is -0.157. The zero-order valence-corrected chi connectivity index (χ0v) is 9.74. The largest absolute Gasteiger partial charge is 0.361 e. The highest BCUT2D eigenvalue weighted by atomic mass is 19.1. The first-order valence-corrected chi connectivity index (χ1v) is 5.47. The van der Waals surface area contributed by atoms with Gasteiger partial charge in [0.1, 0.15) is 6.33 Å². The van der Waals surface area contributed by atoms with E-state index >= 15 is 0 Å². The minimum absolute atomic E-state index is 0.0668. The topological polar surface area (TPSA) is 66.5 Å². The summed E-state index contributed by atoms with van der Waals surface area (Å²) < 4.78 is 13.9. The summed E-state index contributed by atoms with van der Waals surface area (Å²) in [5, 5.41) is 9.57. The van der Waals surface area contributed by atoms with Gasteiger partial charge in [0.05, 0.1) is 17.9 Å². The first-order chi connectivity index (χ1) is 8.22. The van der Waals surface area contributed by atoms with Crippen molar-refractivity contribution in [2.75, 3.05) is 5.32 Å². The van der Waals surface area contributed by atoms with Gasteiger partial charge in [-0.1, -0.05) is 6.92 Å². The Morgan fingerprint density at radius 1 is 1.47 bits per heavy atom. The molecule has 6 heteroatoms. The predicted octanol–water partition coefficient (Wildman–Crippen LogP) is 2.07. The molecule has 0 bridgehead atoms. The molecule has 2 aromatic rings. The molecule has 5 nitrogen and oxygen atoms in total. The fraction of sp³-hybridized carbons (Fsp3) is 0.364. The van der Waals surface area contributed by atoms with Crippen LogP contribution in [-0.2, 0) is 6.42 Å². The number of anilines is 1. The lowest BCUT2D eigenvalue weighted by molar-refractivity contribution is 0.594. The molecule has 1 atom stereocenters. The van der Waals surface area contributed by atoms with Crippen LogP contribution in [-0.4, -0.2) is 20.2 Å². The summed E-state index contributed by atoms with van der Waals surface area (Å²) >= 11 is 0. The molecule has 2 rings (SSSR count). The molecule has 2 heterocycles. The van der Waals surface area contributed by atoms with Crippen LogP contribution in [0.4, 0.5) is 10.2 Å². The second kappa shape index (κ2) is 4.90. The molecular formula is C11H14FN5. The summed E-state index contributed by atoms with van der Waals surface area (Å²) in [4.78, 5) is 7.79. The van der Waals surface area contributed by atoms with Crippen molar-refractivity contribution >= 4 is 5.82 Å². The molecule has 0 saturated heterocycles. The van der Waals surface area contributed by atoms with Crippen molar-refractivity contribution in [3.63, 3.8) is 0 Å². The van der Waals surface area contributed by atoms with Crippen molar-refractivity contribution in [1.82, 2.24) is 20.2 Å². The molecule has 0 fully saturated rings. The first-order valence-electron chi connectivity index (χ1n) is 5.47. The molecule has 0 spiro atoms. The van der Waals surface area contributed by atoms with E-state index in [2.05, 4.69) is 25.5 Å². The lowest BCUT2D eigenvalue weighted by atomic mass is 10.2. The molecule has 0 aromatic carbocycles. The maximum atomic E-state index is 13.9. The zero-order chi connectivity index (χ0) is 12.3. The second-order valence-electron chi connectivity index (χ2n) is 3.73. The number of H-pyrrole nitrogens is 1. The van der Waals surface area contributed by atoms with Gasteiger partial charge in [0.25, 0.3) is 0 Å². The predicted molar refractivity (Wildman–Crippen MR) is 62.0 cm³/mol. The van der Waals surface area contributed by atoms with Crippen LogP contribution < -0.4 is 5.32 Å². The van der Waals surface area contributed by atoms with Crippen LogP contribution in [0.3, 0.4) is 0 Å². The minimum Gasteiger partial charge on any atom is -0.361 e. The minimum atomic E-state index is -0.384. The number of rotatable bonds is 4. The van der Waals surface area contributed by atoms with Gasteiger partial charge in [-0.05, 0) is 13.3 Å². The van der Waals surface area contributed by atoms with Gasteiger partial charge in [0.15, 0.2) is 11.6 Å². The molecule has 0 aliphatic rings. The van der Waals surface area contributed by atoms with Crippen LogP contribution in [0.25, 0.3) is 0 Å². The first kappa shape index (κ1) is 11.5. The summed E-state index contributed by atoms with van der Waals surface area (Å²) in [6.45, 7) is 3.77. The van der Waals surface area contributed by atoms with Crippen molar-refractivity contribution in [1.29, 1.82) is 0 Å². The molecule has 0 saturated carbocycles. The summed E-state index contributed by atoms with van der Waals surface area (Å²) in [5.41, 5.74) is 1.36. The zero-order valence-electron chi connectivity index (χ0n) is 9.74. The molecule has 90 valence electrons. The molecule has 0 amide bonds.